The highest BCUT2D eigenvalue weighted by Gasteiger charge is 1.99. The number of pyridine rings is 1. The average Bonchev–Trinajstić information content (AvgIpc) is 2.61. The summed E-state index contributed by atoms with van der Waals surface area (Å²) in [5, 5.41) is 0. The molecule has 0 aliphatic heterocycles. The summed E-state index contributed by atoms with van der Waals surface area (Å²) in [7, 11) is 2.04. The van der Waals surface area contributed by atoms with Gasteiger partial charge in [-0.1, -0.05) is 42.5 Å². The molecular weight excluding hydrogens is 409 g/mol. The summed E-state index contributed by atoms with van der Waals surface area (Å²) in [6, 6.07) is 24.5. The number of hydrogen-bond acceptors (Lipinski definition) is 1. The third-order valence-electron chi connectivity index (χ3n) is 3.67. The van der Waals surface area contributed by atoms with Gasteiger partial charge >= 0.3 is 0 Å². The van der Waals surface area contributed by atoms with Crippen molar-refractivity contribution in [1.29, 1.82) is 0 Å². The first-order valence-electron chi connectivity index (χ1n) is 7.71. The van der Waals surface area contributed by atoms with Gasteiger partial charge in [0, 0.05) is 18.2 Å². The Morgan fingerprint density at radius 2 is 1.54 bits per heavy atom. The smallest absolute Gasteiger partial charge is 0.204 e. The van der Waals surface area contributed by atoms with Crippen LogP contribution in [0.1, 0.15) is 16.8 Å². The molecule has 0 unspecified atom stereocenters. The monoisotopic (exact) mass is 429 g/mol. The Kier molecular flexibility index (Phi) is 7.00. The topological polar surface area (TPSA) is 13.1 Å². The van der Waals surface area contributed by atoms with E-state index in [0.29, 0.717) is 6.61 Å². The molecule has 24 heavy (non-hydrogen) atoms. The summed E-state index contributed by atoms with van der Waals surface area (Å²) in [6.45, 7) is 0.593. The first kappa shape index (κ1) is 18.2. The van der Waals surface area contributed by atoms with Crippen molar-refractivity contribution in [2.24, 2.45) is 7.05 Å². The fourth-order valence-corrected chi connectivity index (χ4v) is 2.31. The Labute approximate surface area is 160 Å². The highest BCUT2D eigenvalue weighted by atomic mass is 127. The molecule has 0 aliphatic carbocycles. The fraction of sp³-hybridized carbons (Fsp3) is 0.0952. The second-order valence-electron chi connectivity index (χ2n) is 5.41. The standard InChI is InChI=1S/C21H20NO.HI/c1-22-16-6-5-9-20(22)13-10-18-11-14-21(15-12-18)23-17-19-7-3-2-4-8-19;/h2-16H,17H2,1H3;1H/q+1;/p-1/b13-10+;. The van der Waals surface area contributed by atoms with Crippen LogP contribution in [0.4, 0.5) is 0 Å². The third kappa shape index (κ3) is 5.20. The number of halogens is 1. The van der Waals surface area contributed by atoms with E-state index >= 15 is 0 Å². The van der Waals surface area contributed by atoms with Crippen molar-refractivity contribution in [3.05, 3.63) is 95.8 Å². The van der Waals surface area contributed by atoms with Gasteiger partial charge in [-0.05, 0) is 35.4 Å². The van der Waals surface area contributed by atoms with Gasteiger partial charge in [0.15, 0.2) is 6.20 Å². The normalized spacial score (nSPS) is 10.4. The molecule has 3 aromatic rings. The Hall–Kier alpha value is -2.14. The van der Waals surface area contributed by atoms with Crippen LogP contribution in [0.25, 0.3) is 12.2 Å². The molecule has 3 rings (SSSR count). The Morgan fingerprint density at radius 3 is 2.25 bits per heavy atom. The molecule has 2 aromatic carbocycles. The lowest BCUT2D eigenvalue weighted by Crippen LogP contribution is -3.00. The van der Waals surface area contributed by atoms with Gasteiger partial charge in [0.2, 0.25) is 5.69 Å². The van der Waals surface area contributed by atoms with E-state index < -0.39 is 0 Å². The molecule has 0 amide bonds. The van der Waals surface area contributed by atoms with E-state index in [4.69, 9.17) is 4.74 Å². The highest BCUT2D eigenvalue weighted by molar-refractivity contribution is 5.67. The van der Waals surface area contributed by atoms with Crippen LogP contribution in [0.2, 0.25) is 0 Å². The summed E-state index contributed by atoms with van der Waals surface area (Å²) in [6.07, 6.45) is 6.26. The van der Waals surface area contributed by atoms with Crippen LogP contribution in [0.5, 0.6) is 5.75 Å². The third-order valence-corrected chi connectivity index (χ3v) is 3.67. The predicted molar refractivity (Wildman–Crippen MR) is 93.8 cm³/mol. The lowest BCUT2D eigenvalue weighted by atomic mass is 10.2. The summed E-state index contributed by atoms with van der Waals surface area (Å²) in [4.78, 5) is 0. The number of hydrogen-bond donors (Lipinski definition) is 0. The van der Waals surface area contributed by atoms with Gasteiger partial charge < -0.3 is 28.7 Å². The molecule has 1 heterocycles. The first-order chi connectivity index (χ1) is 11.3. The number of aryl methyl sites for hydroxylation is 1. The highest BCUT2D eigenvalue weighted by Crippen LogP contribution is 2.15. The van der Waals surface area contributed by atoms with Crippen LogP contribution in [-0.4, -0.2) is 0 Å². The van der Waals surface area contributed by atoms with Gasteiger partial charge in [0.05, 0.1) is 0 Å². The molecule has 0 bridgehead atoms. The van der Waals surface area contributed by atoms with Crippen LogP contribution in [0.15, 0.2) is 79.0 Å². The molecule has 0 fully saturated rings. The second-order valence-corrected chi connectivity index (χ2v) is 5.41. The van der Waals surface area contributed by atoms with Gasteiger partial charge in [-0.25, -0.2) is 4.57 Å². The molecule has 0 saturated carbocycles. The number of aromatic nitrogens is 1. The number of ether oxygens (including phenoxy) is 1. The molecule has 1 aromatic heterocycles. The minimum absolute atomic E-state index is 0. The number of rotatable bonds is 5. The lowest BCUT2D eigenvalue weighted by molar-refractivity contribution is -0.673. The maximum Gasteiger partial charge on any atom is 0.204 e. The Balaban J connectivity index is 0.00000208. The molecule has 0 saturated heterocycles. The number of nitrogens with zero attached hydrogens (tertiary/aromatic N) is 1. The fourth-order valence-electron chi connectivity index (χ4n) is 2.31. The van der Waals surface area contributed by atoms with Crippen molar-refractivity contribution in [3.63, 3.8) is 0 Å². The van der Waals surface area contributed by atoms with E-state index in [1.807, 2.05) is 55.7 Å². The first-order valence-corrected chi connectivity index (χ1v) is 7.71. The molecule has 2 nitrogen and oxygen atoms in total. The van der Waals surface area contributed by atoms with E-state index in [2.05, 4.69) is 47.1 Å². The summed E-state index contributed by atoms with van der Waals surface area (Å²) in [5.74, 6) is 0.885. The van der Waals surface area contributed by atoms with Crippen LogP contribution in [-0.2, 0) is 13.7 Å². The molecule has 122 valence electrons. The predicted octanol–water partition coefficient (Wildman–Crippen LogP) is 1.26. The van der Waals surface area contributed by atoms with Crippen molar-refractivity contribution in [1.82, 2.24) is 0 Å². The number of benzene rings is 2. The molecule has 3 heteroatoms. The van der Waals surface area contributed by atoms with E-state index in [9.17, 15) is 0 Å². The van der Waals surface area contributed by atoms with E-state index in [1.54, 1.807) is 0 Å². The summed E-state index contributed by atoms with van der Waals surface area (Å²) >= 11 is 0. The van der Waals surface area contributed by atoms with Crippen molar-refractivity contribution in [3.8, 4) is 5.75 Å². The molecule has 0 radical (unpaired) electrons. The average molecular weight is 429 g/mol. The second kappa shape index (κ2) is 9.23. The zero-order valence-corrected chi connectivity index (χ0v) is 15.8. The summed E-state index contributed by atoms with van der Waals surface area (Å²) in [5.41, 5.74) is 3.49. The minimum Gasteiger partial charge on any atom is -1.00 e. The molecule has 0 aliphatic rings. The lowest BCUT2D eigenvalue weighted by Gasteiger charge is -2.06. The molecular formula is C21H20INO. The van der Waals surface area contributed by atoms with Crippen molar-refractivity contribution < 1.29 is 33.3 Å². The van der Waals surface area contributed by atoms with E-state index in [-0.39, 0.29) is 24.0 Å². The molecule has 0 spiro atoms. The largest absolute Gasteiger partial charge is 1.00 e. The Bertz CT molecular complexity index is 782. The van der Waals surface area contributed by atoms with Gasteiger partial charge in [-0.15, -0.1) is 0 Å². The van der Waals surface area contributed by atoms with Crippen LogP contribution in [0.3, 0.4) is 0 Å². The maximum absolute atomic E-state index is 5.80. The minimum atomic E-state index is 0. The van der Waals surface area contributed by atoms with Gasteiger partial charge in [0.1, 0.15) is 19.4 Å². The molecule has 0 atom stereocenters. The summed E-state index contributed by atoms with van der Waals surface area (Å²) < 4.78 is 7.89. The van der Waals surface area contributed by atoms with Gasteiger partial charge in [-0.3, -0.25) is 0 Å². The van der Waals surface area contributed by atoms with Gasteiger partial charge in [-0.2, -0.15) is 0 Å². The van der Waals surface area contributed by atoms with Gasteiger partial charge in [0.25, 0.3) is 0 Å². The Morgan fingerprint density at radius 1 is 0.833 bits per heavy atom. The van der Waals surface area contributed by atoms with E-state index in [0.717, 1.165) is 17.0 Å². The zero-order valence-electron chi connectivity index (χ0n) is 13.6. The van der Waals surface area contributed by atoms with Crippen molar-refractivity contribution in [2.45, 2.75) is 6.61 Å². The zero-order chi connectivity index (χ0) is 15.9. The van der Waals surface area contributed by atoms with Crippen LogP contribution >= 0.6 is 0 Å². The SMILES string of the molecule is C[n+]1ccccc1/C=C/c1ccc(OCc2ccccc2)cc1.[I-]. The van der Waals surface area contributed by atoms with Crippen LogP contribution < -0.4 is 33.3 Å². The van der Waals surface area contributed by atoms with Crippen LogP contribution in [0, 0.1) is 0 Å². The van der Waals surface area contributed by atoms with Crippen molar-refractivity contribution >= 4 is 12.2 Å². The quantitative estimate of drug-likeness (QED) is 0.440. The van der Waals surface area contributed by atoms with Crippen molar-refractivity contribution in [2.75, 3.05) is 0 Å². The van der Waals surface area contributed by atoms with E-state index in [1.165, 1.54) is 5.56 Å². The maximum atomic E-state index is 5.80. The molecule has 0 N–H and O–H groups in total.